The number of aliphatic carboxylic acids is 1. The van der Waals surface area contributed by atoms with Gasteiger partial charge in [-0.15, -0.1) is 0 Å². The molecule has 1 atom stereocenters. The van der Waals surface area contributed by atoms with Crippen LogP contribution >= 0.6 is 15.9 Å². The maximum absolute atomic E-state index is 13.1. The van der Waals surface area contributed by atoms with Crippen LogP contribution in [0.2, 0.25) is 0 Å². The fourth-order valence-electron chi connectivity index (χ4n) is 1.04. The van der Waals surface area contributed by atoms with Gasteiger partial charge in [0.1, 0.15) is 11.9 Å². The predicted octanol–water partition coefficient (Wildman–Crippen LogP) is 2.15. The summed E-state index contributed by atoms with van der Waals surface area (Å²) in [5.41, 5.74) is 0.697. The minimum Gasteiger partial charge on any atom is -0.480 e. The zero-order valence-corrected chi connectivity index (χ0v) is 9.71. The average Bonchev–Trinajstić information content (AvgIpc) is 2.19. The molecule has 0 amide bonds. The molecule has 0 saturated carbocycles. The predicted molar refractivity (Wildman–Crippen MR) is 58.0 cm³/mol. The van der Waals surface area contributed by atoms with Gasteiger partial charge in [-0.05, 0) is 34.5 Å². The van der Waals surface area contributed by atoms with E-state index in [1.54, 1.807) is 12.1 Å². The summed E-state index contributed by atoms with van der Waals surface area (Å²) in [4.78, 5) is 10.5. The van der Waals surface area contributed by atoms with Gasteiger partial charge in [-0.3, -0.25) is 4.79 Å². The fraction of sp³-hybridized carbons (Fsp3) is 0.300. The van der Waals surface area contributed by atoms with E-state index in [1.807, 2.05) is 0 Å². The van der Waals surface area contributed by atoms with Crippen molar-refractivity contribution in [1.82, 2.24) is 5.32 Å². The molecule has 0 aliphatic rings. The van der Waals surface area contributed by atoms with E-state index in [2.05, 4.69) is 21.2 Å². The number of carboxylic acids is 1. The lowest BCUT2D eigenvalue weighted by Crippen LogP contribution is -2.33. The van der Waals surface area contributed by atoms with Crippen LogP contribution in [-0.2, 0) is 11.3 Å². The standard InChI is InChI=1S/C10H11BrFNO2/c1-6(10(14)15)13-5-7-3-2-4-8(12)9(7)11/h2-4,6,13H,5H2,1H3,(H,14,15)/t6-/m1/s1. The first-order valence-corrected chi connectivity index (χ1v) is 5.20. The van der Waals surface area contributed by atoms with Crippen LogP contribution in [0, 0.1) is 5.82 Å². The molecule has 1 aromatic rings. The third-order valence-corrected chi connectivity index (χ3v) is 2.89. The zero-order chi connectivity index (χ0) is 11.4. The molecular weight excluding hydrogens is 265 g/mol. The zero-order valence-electron chi connectivity index (χ0n) is 8.13. The second-order valence-corrected chi connectivity index (χ2v) is 3.95. The third kappa shape index (κ3) is 3.28. The molecule has 1 aromatic carbocycles. The molecule has 0 saturated heterocycles. The highest BCUT2D eigenvalue weighted by atomic mass is 79.9. The molecule has 2 N–H and O–H groups in total. The number of benzene rings is 1. The van der Waals surface area contributed by atoms with E-state index in [0.717, 1.165) is 0 Å². The molecule has 5 heteroatoms. The highest BCUT2D eigenvalue weighted by Crippen LogP contribution is 2.20. The van der Waals surface area contributed by atoms with Gasteiger partial charge in [0.2, 0.25) is 0 Å². The molecule has 1 rings (SSSR count). The Labute approximate surface area is 95.4 Å². The molecule has 0 aliphatic carbocycles. The van der Waals surface area contributed by atoms with Crippen LogP contribution in [-0.4, -0.2) is 17.1 Å². The second kappa shape index (κ2) is 5.23. The van der Waals surface area contributed by atoms with Crippen molar-refractivity contribution in [3.63, 3.8) is 0 Å². The Balaban J connectivity index is 2.66. The molecule has 82 valence electrons. The normalized spacial score (nSPS) is 12.5. The maximum atomic E-state index is 13.1. The lowest BCUT2D eigenvalue weighted by molar-refractivity contribution is -0.139. The monoisotopic (exact) mass is 275 g/mol. The largest absolute Gasteiger partial charge is 0.480 e. The first-order chi connectivity index (χ1) is 7.02. The fourth-order valence-corrected chi connectivity index (χ4v) is 1.44. The summed E-state index contributed by atoms with van der Waals surface area (Å²) in [5.74, 6) is -1.28. The van der Waals surface area contributed by atoms with E-state index in [1.165, 1.54) is 13.0 Å². The van der Waals surface area contributed by atoms with E-state index in [0.29, 0.717) is 16.6 Å². The molecule has 0 unspecified atom stereocenters. The Morgan fingerprint density at radius 1 is 1.67 bits per heavy atom. The van der Waals surface area contributed by atoms with Gasteiger partial charge < -0.3 is 10.4 Å². The van der Waals surface area contributed by atoms with Crippen molar-refractivity contribution in [2.24, 2.45) is 0 Å². The van der Waals surface area contributed by atoms with Crippen LogP contribution in [0.3, 0.4) is 0 Å². The third-order valence-electron chi connectivity index (χ3n) is 2.00. The molecule has 15 heavy (non-hydrogen) atoms. The molecule has 0 spiro atoms. The topological polar surface area (TPSA) is 49.3 Å². The lowest BCUT2D eigenvalue weighted by atomic mass is 10.2. The highest BCUT2D eigenvalue weighted by Gasteiger charge is 2.11. The van der Waals surface area contributed by atoms with E-state index in [-0.39, 0.29) is 5.82 Å². The van der Waals surface area contributed by atoms with Crippen molar-refractivity contribution in [1.29, 1.82) is 0 Å². The summed E-state index contributed by atoms with van der Waals surface area (Å²) in [6.07, 6.45) is 0. The van der Waals surface area contributed by atoms with Gasteiger partial charge in [-0.25, -0.2) is 4.39 Å². The van der Waals surface area contributed by atoms with Crippen molar-refractivity contribution in [2.75, 3.05) is 0 Å². The highest BCUT2D eigenvalue weighted by molar-refractivity contribution is 9.10. The van der Waals surface area contributed by atoms with E-state index >= 15 is 0 Å². The number of hydrogen-bond donors (Lipinski definition) is 2. The minimum absolute atomic E-state index is 0.311. The van der Waals surface area contributed by atoms with Crippen LogP contribution < -0.4 is 5.32 Å². The Morgan fingerprint density at radius 2 is 2.33 bits per heavy atom. The molecular formula is C10H11BrFNO2. The van der Waals surface area contributed by atoms with Crippen molar-refractivity contribution in [2.45, 2.75) is 19.5 Å². The Bertz CT molecular complexity index is 370. The van der Waals surface area contributed by atoms with Gasteiger partial charge in [-0.2, -0.15) is 0 Å². The first kappa shape index (κ1) is 12.1. The molecule has 0 aliphatic heterocycles. The second-order valence-electron chi connectivity index (χ2n) is 3.15. The molecule has 0 bridgehead atoms. The van der Waals surface area contributed by atoms with Crippen LogP contribution in [0.4, 0.5) is 4.39 Å². The number of hydrogen-bond acceptors (Lipinski definition) is 2. The number of carbonyl (C=O) groups is 1. The Morgan fingerprint density at radius 3 is 2.93 bits per heavy atom. The van der Waals surface area contributed by atoms with Gasteiger partial charge >= 0.3 is 5.97 Å². The number of nitrogens with one attached hydrogen (secondary N) is 1. The first-order valence-electron chi connectivity index (χ1n) is 4.41. The Hall–Kier alpha value is -0.940. The van der Waals surface area contributed by atoms with Crippen LogP contribution in [0.15, 0.2) is 22.7 Å². The van der Waals surface area contributed by atoms with Crippen LogP contribution in [0.5, 0.6) is 0 Å². The molecule has 0 fully saturated rings. The number of rotatable bonds is 4. The van der Waals surface area contributed by atoms with Crippen molar-refractivity contribution in [3.8, 4) is 0 Å². The van der Waals surface area contributed by atoms with Gasteiger partial charge in [0.15, 0.2) is 0 Å². The Kier molecular flexibility index (Phi) is 4.23. The van der Waals surface area contributed by atoms with Gasteiger partial charge in [0.25, 0.3) is 0 Å². The number of halogens is 2. The van der Waals surface area contributed by atoms with Gasteiger partial charge in [0.05, 0.1) is 4.47 Å². The molecule has 0 aromatic heterocycles. The van der Waals surface area contributed by atoms with Crippen molar-refractivity contribution in [3.05, 3.63) is 34.1 Å². The molecule has 3 nitrogen and oxygen atoms in total. The van der Waals surface area contributed by atoms with Crippen LogP contribution in [0.25, 0.3) is 0 Å². The smallest absolute Gasteiger partial charge is 0.320 e. The van der Waals surface area contributed by atoms with Gasteiger partial charge in [-0.1, -0.05) is 12.1 Å². The molecule has 0 radical (unpaired) electrons. The van der Waals surface area contributed by atoms with E-state index < -0.39 is 12.0 Å². The van der Waals surface area contributed by atoms with Crippen molar-refractivity contribution >= 4 is 21.9 Å². The lowest BCUT2D eigenvalue weighted by Gasteiger charge is -2.10. The summed E-state index contributed by atoms with van der Waals surface area (Å²) in [6.45, 7) is 1.85. The average molecular weight is 276 g/mol. The maximum Gasteiger partial charge on any atom is 0.320 e. The van der Waals surface area contributed by atoms with Crippen molar-refractivity contribution < 1.29 is 14.3 Å². The summed E-state index contributed by atoms with van der Waals surface area (Å²) < 4.78 is 13.4. The van der Waals surface area contributed by atoms with Crippen LogP contribution in [0.1, 0.15) is 12.5 Å². The summed E-state index contributed by atoms with van der Waals surface area (Å²) in [6, 6.07) is 4.01. The van der Waals surface area contributed by atoms with E-state index in [9.17, 15) is 9.18 Å². The van der Waals surface area contributed by atoms with Gasteiger partial charge in [0, 0.05) is 6.54 Å². The summed E-state index contributed by atoms with van der Waals surface area (Å²) >= 11 is 3.10. The summed E-state index contributed by atoms with van der Waals surface area (Å²) in [5, 5.41) is 11.4. The molecule has 0 heterocycles. The summed E-state index contributed by atoms with van der Waals surface area (Å²) in [7, 11) is 0. The SMILES string of the molecule is C[C@@H](NCc1cccc(F)c1Br)C(=O)O. The number of carboxylic acid groups (broad SMARTS) is 1. The van der Waals surface area contributed by atoms with E-state index in [4.69, 9.17) is 5.11 Å². The minimum atomic E-state index is -0.928. The quantitative estimate of drug-likeness (QED) is 0.885.